The molecule has 2 aromatic heterocycles. The summed E-state index contributed by atoms with van der Waals surface area (Å²) < 4.78 is 9.98. The molecule has 3 aromatic rings. The molecule has 1 unspecified atom stereocenters. The molecule has 28 heavy (non-hydrogen) atoms. The van der Waals surface area contributed by atoms with Gasteiger partial charge in [0.15, 0.2) is 11.2 Å². The van der Waals surface area contributed by atoms with E-state index < -0.39 is 5.69 Å². The predicted octanol–water partition coefficient (Wildman–Crippen LogP) is 1.73. The van der Waals surface area contributed by atoms with Crippen LogP contribution in [0, 0.1) is 0 Å². The second-order valence-electron chi connectivity index (χ2n) is 7.04. The van der Waals surface area contributed by atoms with E-state index in [1.807, 2.05) is 28.8 Å². The summed E-state index contributed by atoms with van der Waals surface area (Å²) in [5.74, 6) is 0.541. The lowest BCUT2D eigenvalue weighted by molar-refractivity contribution is 0.120. The van der Waals surface area contributed by atoms with Crippen LogP contribution >= 0.6 is 11.6 Å². The number of hydrogen-bond acceptors (Lipinski definition) is 5. The lowest BCUT2D eigenvalue weighted by Crippen LogP contribution is -2.37. The molecule has 4 rings (SSSR count). The average Bonchev–Trinajstić information content (AvgIpc) is 3.33. The molecular formula is C19H22ClN5O3. The maximum Gasteiger partial charge on any atom is 0.332 e. The van der Waals surface area contributed by atoms with Crippen LogP contribution < -0.4 is 16.6 Å². The Hall–Kier alpha value is -2.58. The molecule has 1 fully saturated rings. The van der Waals surface area contributed by atoms with Crippen molar-refractivity contribution in [3.8, 4) is 0 Å². The van der Waals surface area contributed by atoms with E-state index in [4.69, 9.17) is 16.3 Å². The standard InChI is InChI=1S/C19H22ClN5O3/c1-23-16-15(17(26)24(2)19(23)27)25(11-12-5-7-13(20)8-6-12)18(22-16)21-10-14-4-3-9-28-14/h5-8,14H,3-4,9-11H2,1-2H3,(H,21,22). The number of benzene rings is 1. The highest BCUT2D eigenvalue weighted by Gasteiger charge is 2.21. The molecule has 0 radical (unpaired) electrons. The Labute approximate surface area is 166 Å². The van der Waals surface area contributed by atoms with Gasteiger partial charge in [0.2, 0.25) is 5.95 Å². The van der Waals surface area contributed by atoms with E-state index in [2.05, 4.69) is 10.3 Å². The Morgan fingerprint density at radius 1 is 1.21 bits per heavy atom. The molecule has 0 spiro atoms. The zero-order valence-corrected chi connectivity index (χ0v) is 16.6. The first-order chi connectivity index (χ1) is 13.5. The van der Waals surface area contributed by atoms with Crippen LogP contribution in [0.5, 0.6) is 0 Å². The van der Waals surface area contributed by atoms with Crippen molar-refractivity contribution in [1.82, 2.24) is 18.7 Å². The zero-order valence-electron chi connectivity index (χ0n) is 15.8. The van der Waals surface area contributed by atoms with Crippen molar-refractivity contribution in [2.24, 2.45) is 14.1 Å². The average molecular weight is 404 g/mol. The van der Waals surface area contributed by atoms with E-state index >= 15 is 0 Å². The van der Waals surface area contributed by atoms with Crippen LogP contribution in [0.25, 0.3) is 11.2 Å². The van der Waals surface area contributed by atoms with Gasteiger partial charge in [0.1, 0.15) is 0 Å². The maximum absolute atomic E-state index is 12.9. The topological polar surface area (TPSA) is 83.1 Å². The van der Waals surface area contributed by atoms with E-state index in [9.17, 15) is 9.59 Å². The van der Waals surface area contributed by atoms with Crippen molar-refractivity contribution in [2.75, 3.05) is 18.5 Å². The SMILES string of the molecule is Cn1c(=O)c2c(nc(NCC3CCCO3)n2Cc2ccc(Cl)cc2)n(C)c1=O. The Bertz CT molecular complexity index is 1120. The Balaban J connectivity index is 1.82. The van der Waals surface area contributed by atoms with Crippen LogP contribution in [-0.2, 0) is 25.4 Å². The van der Waals surface area contributed by atoms with Gasteiger partial charge in [-0.1, -0.05) is 23.7 Å². The number of nitrogens with zero attached hydrogens (tertiary/aromatic N) is 4. The van der Waals surface area contributed by atoms with Gasteiger partial charge in [-0.2, -0.15) is 4.98 Å². The van der Waals surface area contributed by atoms with Crippen molar-refractivity contribution >= 4 is 28.7 Å². The summed E-state index contributed by atoms with van der Waals surface area (Å²) in [5, 5.41) is 3.95. The minimum absolute atomic E-state index is 0.121. The van der Waals surface area contributed by atoms with Gasteiger partial charge in [-0.25, -0.2) is 4.79 Å². The fraction of sp³-hybridized carbons (Fsp3) is 0.421. The fourth-order valence-electron chi connectivity index (χ4n) is 3.52. The minimum atomic E-state index is -0.403. The fourth-order valence-corrected chi connectivity index (χ4v) is 3.64. The monoisotopic (exact) mass is 403 g/mol. The van der Waals surface area contributed by atoms with E-state index in [0.29, 0.717) is 35.2 Å². The molecule has 9 heteroatoms. The lowest BCUT2D eigenvalue weighted by atomic mass is 10.2. The number of halogens is 1. The first-order valence-electron chi connectivity index (χ1n) is 9.22. The second kappa shape index (κ2) is 7.44. The molecule has 3 heterocycles. The maximum atomic E-state index is 12.9. The summed E-state index contributed by atoms with van der Waals surface area (Å²) in [6.07, 6.45) is 2.16. The van der Waals surface area contributed by atoms with Gasteiger partial charge in [0.05, 0.1) is 12.6 Å². The highest BCUT2D eigenvalue weighted by molar-refractivity contribution is 6.30. The van der Waals surface area contributed by atoms with Gasteiger partial charge in [-0.05, 0) is 30.5 Å². The Kier molecular flexibility index (Phi) is 4.99. The highest BCUT2D eigenvalue weighted by Crippen LogP contribution is 2.20. The second-order valence-corrected chi connectivity index (χ2v) is 7.48. The number of imidazole rings is 1. The van der Waals surface area contributed by atoms with Gasteiger partial charge in [0, 0.05) is 32.3 Å². The smallest absolute Gasteiger partial charge is 0.332 e. The predicted molar refractivity (Wildman–Crippen MR) is 108 cm³/mol. The molecule has 1 saturated heterocycles. The third kappa shape index (κ3) is 3.33. The number of fused-ring (bicyclic) bond motifs is 1. The van der Waals surface area contributed by atoms with E-state index in [0.717, 1.165) is 29.6 Å². The molecule has 1 aliphatic heterocycles. The lowest BCUT2D eigenvalue weighted by Gasteiger charge is -2.14. The molecular weight excluding hydrogens is 382 g/mol. The number of ether oxygens (including phenoxy) is 1. The summed E-state index contributed by atoms with van der Waals surface area (Å²) in [7, 11) is 3.09. The number of rotatable bonds is 5. The summed E-state index contributed by atoms with van der Waals surface area (Å²) in [5.41, 5.74) is 0.940. The summed E-state index contributed by atoms with van der Waals surface area (Å²) in [6.45, 7) is 1.79. The molecule has 0 bridgehead atoms. The molecule has 1 aliphatic rings. The van der Waals surface area contributed by atoms with Crippen molar-refractivity contribution < 1.29 is 4.74 Å². The number of hydrogen-bond donors (Lipinski definition) is 1. The molecule has 0 aliphatic carbocycles. The zero-order chi connectivity index (χ0) is 19.8. The van der Waals surface area contributed by atoms with Gasteiger partial charge in [-0.3, -0.25) is 18.5 Å². The number of aromatic nitrogens is 4. The first-order valence-corrected chi connectivity index (χ1v) is 9.59. The Morgan fingerprint density at radius 2 is 1.96 bits per heavy atom. The van der Waals surface area contributed by atoms with Crippen LogP contribution in [0.4, 0.5) is 5.95 Å². The molecule has 0 saturated carbocycles. The molecule has 1 aromatic carbocycles. The van der Waals surface area contributed by atoms with E-state index in [1.165, 1.54) is 11.6 Å². The number of anilines is 1. The van der Waals surface area contributed by atoms with Gasteiger partial charge >= 0.3 is 5.69 Å². The minimum Gasteiger partial charge on any atom is -0.376 e. The van der Waals surface area contributed by atoms with Gasteiger partial charge in [-0.15, -0.1) is 0 Å². The first kappa shape index (κ1) is 18.8. The quantitative estimate of drug-likeness (QED) is 0.701. The third-order valence-electron chi connectivity index (χ3n) is 5.11. The summed E-state index contributed by atoms with van der Waals surface area (Å²) in [4.78, 5) is 29.7. The summed E-state index contributed by atoms with van der Waals surface area (Å²) in [6, 6.07) is 7.43. The van der Waals surface area contributed by atoms with Crippen molar-refractivity contribution in [2.45, 2.75) is 25.5 Å². The van der Waals surface area contributed by atoms with Crippen molar-refractivity contribution in [3.05, 3.63) is 55.7 Å². The molecule has 0 amide bonds. The van der Waals surface area contributed by atoms with Crippen molar-refractivity contribution in [1.29, 1.82) is 0 Å². The van der Waals surface area contributed by atoms with E-state index in [-0.39, 0.29) is 11.7 Å². The summed E-state index contributed by atoms with van der Waals surface area (Å²) >= 11 is 5.99. The molecule has 148 valence electrons. The number of aryl methyl sites for hydroxylation is 1. The normalized spacial score (nSPS) is 16.8. The largest absolute Gasteiger partial charge is 0.376 e. The molecule has 1 N–H and O–H groups in total. The van der Waals surface area contributed by atoms with Crippen molar-refractivity contribution in [3.63, 3.8) is 0 Å². The third-order valence-corrected chi connectivity index (χ3v) is 5.37. The van der Waals surface area contributed by atoms with Crippen LogP contribution in [0.3, 0.4) is 0 Å². The van der Waals surface area contributed by atoms with Crippen LogP contribution in [0.1, 0.15) is 18.4 Å². The van der Waals surface area contributed by atoms with Crippen LogP contribution in [-0.4, -0.2) is 37.9 Å². The number of nitrogens with one attached hydrogen (secondary N) is 1. The van der Waals surface area contributed by atoms with Gasteiger partial charge < -0.3 is 10.1 Å². The van der Waals surface area contributed by atoms with Crippen LogP contribution in [0.2, 0.25) is 5.02 Å². The van der Waals surface area contributed by atoms with Gasteiger partial charge in [0.25, 0.3) is 5.56 Å². The van der Waals surface area contributed by atoms with E-state index in [1.54, 1.807) is 7.05 Å². The van der Waals surface area contributed by atoms with Crippen LogP contribution in [0.15, 0.2) is 33.9 Å². The Morgan fingerprint density at radius 3 is 2.64 bits per heavy atom. The highest BCUT2D eigenvalue weighted by atomic mass is 35.5. The molecule has 1 atom stereocenters. The molecule has 8 nitrogen and oxygen atoms in total.